The molecule has 0 aliphatic rings. The molecule has 0 aliphatic heterocycles. The molecule has 0 saturated heterocycles. The first-order valence-electron chi connectivity index (χ1n) is 9.07. The summed E-state index contributed by atoms with van der Waals surface area (Å²) in [7, 11) is 3.43. The van der Waals surface area contributed by atoms with Gasteiger partial charge in [-0.2, -0.15) is 5.10 Å². The molecule has 1 atom stereocenters. The molecular weight excluding hydrogens is 356 g/mol. The summed E-state index contributed by atoms with van der Waals surface area (Å²) in [6.07, 6.45) is 3.39. The van der Waals surface area contributed by atoms with E-state index in [2.05, 4.69) is 25.7 Å². The molecule has 2 N–H and O–H groups in total. The molecule has 146 valence electrons. The molecule has 0 aliphatic carbocycles. The van der Waals surface area contributed by atoms with Crippen molar-refractivity contribution in [2.45, 2.75) is 13.0 Å². The quantitative estimate of drug-likeness (QED) is 0.623. The predicted octanol–water partition coefficient (Wildman–Crippen LogP) is 2.43. The maximum Gasteiger partial charge on any atom is 0.251 e. The monoisotopic (exact) mass is 380 g/mol. The fraction of sp³-hybridized carbons (Fsp3) is 0.300. The molecule has 0 saturated carbocycles. The molecule has 1 amide bonds. The number of benzene rings is 1. The van der Waals surface area contributed by atoms with E-state index in [1.165, 1.54) is 0 Å². The molecule has 1 unspecified atom stereocenters. The first kappa shape index (κ1) is 19.5. The molecule has 8 nitrogen and oxygen atoms in total. The van der Waals surface area contributed by atoms with E-state index in [1.54, 1.807) is 36.3 Å². The van der Waals surface area contributed by atoms with Gasteiger partial charge in [-0.15, -0.1) is 0 Å². The summed E-state index contributed by atoms with van der Waals surface area (Å²) in [6, 6.07) is 10.6. The van der Waals surface area contributed by atoms with Gasteiger partial charge in [0.15, 0.2) is 5.82 Å². The highest BCUT2D eigenvalue weighted by Gasteiger charge is 2.19. The van der Waals surface area contributed by atoms with Crippen LogP contribution in [0.3, 0.4) is 0 Å². The minimum atomic E-state index is -0.304. The Bertz CT molecular complexity index is 940. The Hall–Kier alpha value is -3.26. The number of nitrogens with one attached hydrogen (secondary N) is 2. The summed E-state index contributed by atoms with van der Waals surface area (Å²) in [6.45, 7) is 3.12. The zero-order chi connectivity index (χ0) is 19.9. The molecule has 2 heterocycles. The first-order chi connectivity index (χ1) is 13.6. The second kappa shape index (κ2) is 9.09. The molecular formula is C20H24N6O2. The number of methoxy groups -OCH3 is 1. The van der Waals surface area contributed by atoms with Crippen LogP contribution in [0.25, 0.3) is 11.4 Å². The molecule has 0 radical (unpaired) electrons. The number of carbonyl (C=O) groups is 1. The molecule has 28 heavy (non-hydrogen) atoms. The fourth-order valence-corrected chi connectivity index (χ4v) is 2.91. The van der Waals surface area contributed by atoms with Gasteiger partial charge in [-0.05, 0) is 31.2 Å². The minimum Gasteiger partial charge on any atom is -0.382 e. The first-order valence-corrected chi connectivity index (χ1v) is 9.07. The highest BCUT2D eigenvalue weighted by atomic mass is 16.5. The van der Waals surface area contributed by atoms with E-state index in [0.717, 1.165) is 23.6 Å². The third-order valence-corrected chi connectivity index (χ3v) is 4.25. The second-order valence-corrected chi connectivity index (χ2v) is 6.24. The Kier molecular flexibility index (Phi) is 6.33. The Labute approximate surface area is 164 Å². The molecule has 2 aromatic heterocycles. The number of anilines is 1. The van der Waals surface area contributed by atoms with Gasteiger partial charge in [-0.25, -0.2) is 9.97 Å². The highest BCUT2D eigenvalue weighted by molar-refractivity contribution is 5.95. The molecule has 1 aromatic carbocycles. The van der Waals surface area contributed by atoms with Gasteiger partial charge in [0.05, 0.1) is 18.3 Å². The average Bonchev–Trinajstić information content (AvgIpc) is 3.14. The van der Waals surface area contributed by atoms with Crippen molar-refractivity contribution in [2.24, 2.45) is 7.05 Å². The molecule has 0 fully saturated rings. The van der Waals surface area contributed by atoms with E-state index >= 15 is 0 Å². The maximum absolute atomic E-state index is 12.8. The minimum absolute atomic E-state index is 0.201. The van der Waals surface area contributed by atoms with E-state index in [4.69, 9.17) is 4.74 Å². The average molecular weight is 380 g/mol. The van der Waals surface area contributed by atoms with Crippen LogP contribution in [0.2, 0.25) is 0 Å². The molecule has 3 rings (SSSR count). The van der Waals surface area contributed by atoms with E-state index in [9.17, 15) is 4.79 Å². The molecule has 8 heteroatoms. The van der Waals surface area contributed by atoms with Crippen LogP contribution in [-0.4, -0.2) is 45.9 Å². The second-order valence-electron chi connectivity index (χ2n) is 6.24. The largest absolute Gasteiger partial charge is 0.382 e. The van der Waals surface area contributed by atoms with Crippen LogP contribution >= 0.6 is 0 Å². The predicted molar refractivity (Wildman–Crippen MR) is 107 cm³/mol. The van der Waals surface area contributed by atoms with Crippen molar-refractivity contribution < 1.29 is 9.53 Å². The third-order valence-electron chi connectivity index (χ3n) is 4.25. The van der Waals surface area contributed by atoms with Gasteiger partial charge < -0.3 is 15.4 Å². The summed E-state index contributed by atoms with van der Waals surface area (Å²) in [5.41, 5.74) is 2.17. The van der Waals surface area contributed by atoms with E-state index < -0.39 is 0 Å². The molecule has 3 aromatic rings. The summed E-state index contributed by atoms with van der Waals surface area (Å²) in [5.74, 6) is 1.11. The van der Waals surface area contributed by atoms with Crippen LogP contribution in [0.5, 0.6) is 0 Å². The van der Waals surface area contributed by atoms with Gasteiger partial charge in [0, 0.05) is 44.2 Å². The summed E-state index contributed by atoms with van der Waals surface area (Å²) in [4.78, 5) is 21.7. The van der Waals surface area contributed by atoms with E-state index in [0.29, 0.717) is 18.0 Å². The smallest absolute Gasteiger partial charge is 0.251 e. The lowest BCUT2D eigenvalue weighted by Gasteiger charge is -2.18. The van der Waals surface area contributed by atoms with Crippen LogP contribution in [0, 0.1) is 0 Å². The Balaban J connectivity index is 1.82. The SMILES string of the molecule is CCNc1ccnc(-c2cccc(C(=O)NC(COC)c3ccnn3C)c2)n1. The van der Waals surface area contributed by atoms with Crippen LogP contribution in [0.1, 0.15) is 29.0 Å². The number of ether oxygens (including phenoxy) is 1. The third kappa shape index (κ3) is 4.52. The van der Waals surface area contributed by atoms with Gasteiger partial charge in [0.25, 0.3) is 5.91 Å². The lowest BCUT2D eigenvalue weighted by atomic mass is 10.1. The maximum atomic E-state index is 12.8. The topological polar surface area (TPSA) is 94.0 Å². The van der Waals surface area contributed by atoms with Crippen LogP contribution in [0.4, 0.5) is 5.82 Å². The van der Waals surface area contributed by atoms with Crippen LogP contribution in [-0.2, 0) is 11.8 Å². The standard InChI is InChI=1S/C20H24N6O2/c1-4-21-18-9-10-22-19(25-18)14-6-5-7-15(12-14)20(27)24-16(13-28-3)17-8-11-23-26(17)2/h5-12,16H,4,13H2,1-3H3,(H,24,27)(H,21,22,25). The van der Waals surface area contributed by atoms with Crippen molar-refractivity contribution in [2.75, 3.05) is 25.6 Å². The normalized spacial score (nSPS) is 11.8. The summed E-state index contributed by atoms with van der Waals surface area (Å²) < 4.78 is 6.99. The zero-order valence-corrected chi connectivity index (χ0v) is 16.2. The van der Waals surface area contributed by atoms with Crippen molar-refractivity contribution in [1.82, 2.24) is 25.1 Å². The van der Waals surface area contributed by atoms with Crippen molar-refractivity contribution in [3.8, 4) is 11.4 Å². The van der Waals surface area contributed by atoms with Gasteiger partial charge in [-0.1, -0.05) is 12.1 Å². The lowest BCUT2D eigenvalue weighted by molar-refractivity contribution is 0.0892. The van der Waals surface area contributed by atoms with Gasteiger partial charge in [0.2, 0.25) is 0 Å². The van der Waals surface area contributed by atoms with Crippen molar-refractivity contribution in [3.05, 3.63) is 60.0 Å². The van der Waals surface area contributed by atoms with Crippen molar-refractivity contribution in [1.29, 1.82) is 0 Å². The number of nitrogens with zero attached hydrogens (tertiary/aromatic N) is 4. The van der Waals surface area contributed by atoms with Gasteiger partial charge >= 0.3 is 0 Å². The number of amides is 1. The Morgan fingerprint density at radius 3 is 2.82 bits per heavy atom. The summed E-state index contributed by atoms with van der Waals surface area (Å²) >= 11 is 0. The number of hydrogen-bond donors (Lipinski definition) is 2. The van der Waals surface area contributed by atoms with Gasteiger partial charge in [0.1, 0.15) is 5.82 Å². The van der Waals surface area contributed by atoms with Crippen molar-refractivity contribution in [3.63, 3.8) is 0 Å². The van der Waals surface area contributed by atoms with Crippen LogP contribution in [0.15, 0.2) is 48.8 Å². The number of carbonyl (C=O) groups excluding carboxylic acids is 1. The lowest BCUT2D eigenvalue weighted by Crippen LogP contribution is -2.32. The number of aryl methyl sites for hydroxylation is 1. The van der Waals surface area contributed by atoms with E-state index in [-0.39, 0.29) is 11.9 Å². The zero-order valence-electron chi connectivity index (χ0n) is 16.2. The Morgan fingerprint density at radius 2 is 2.11 bits per heavy atom. The van der Waals surface area contributed by atoms with Crippen LogP contribution < -0.4 is 10.6 Å². The summed E-state index contributed by atoms with van der Waals surface area (Å²) in [5, 5.41) is 10.3. The molecule has 0 bridgehead atoms. The number of rotatable bonds is 8. The number of aromatic nitrogens is 4. The van der Waals surface area contributed by atoms with Gasteiger partial charge in [-0.3, -0.25) is 9.48 Å². The number of hydrogen-bond acceptors (Lipinski definition) is 6. The molecule has 0 spiro atoms. The fourth-order valence-electron chi connectivity index (χ4n) is 2.91. The van der Waals surface area contributed by atoms with E-state index in [1.807, 2.05) is 38.2 Å². The Morgan fingerprint density at radius 1 is 1.25 bits per heavy atom. The van der Waals surface area contributed by atoms with Crippen molar-refractivity contribution >= 4 is 11.7 Å². The highest BCUT2D eigenvalue weighted by Crippen LogP contribution is 2.19.